The van der Waals surface area contributed by atoms with E-state index in [-0.39, 0.29) is 0 Å². The Morgan fingerprint density at radius 2 is 2.29 bits per heavy atom. The van der Waals surface area contributed by atoms with Gasteiger partial charge in [-0.05, 0) is 49.7 Å². The third-order valence-electron chi connectivity index (χ3n) is 4.30. The van der Waals surface area contributed by atoms with Crippen molar-refractivity contribution in [1.29, 1.82) is 0 Å². The average Bonchev–Trinajstić information content (AvgIpc) is 2.99. The molecule has 0 aromatic carbocycles. The maximum absolute atomic E-state index is 4.35. The summed E-state index contributed by atoms with van der Waals surface area (Å²) < 4.78 is 0. The fraction of sp³-hybridized carbons (Fsp3) is 0.533. The topological polar surface area (TPSA) is 24.9 Å². The van der Waals surface area contributed by atoms with Gasteiger partial charge in [0, 0.05) is 18.8 Å². The van der Waals surface area contributed by atoms with Gasteiger partial charge >= 0.3 is 0 Å². The molecule has 1 aromatic heterocycles. The molecule has 1 saturated carbocycles. The number of fused-ring (bicyclic) bond motifs is 2. The molecule has 0 saturated heterocycles. The molecule has 4 atom stereocenters. The standard InChI is InChI=1S/C15H20N2/c1-11(15-9-12-5-6-13(15)8-12)17-10-14-4-2-3-7-16-14/h2-7,11-13,15,17H,8-10H2,1H3. The predicted molar refractivity (Wildman–Crippen MR) is 69.4 cm³/mol. The highest BCUT2D eigenvalue weighted by Crippen LogP contribution is 2.44. The van der Waals surface area contributed by atoms with E-state index in [2.05, 4.69) is 41.5 Å². The first kappa shape index (κ1) is 11.0. The zero-order chi connectivity index (χ0) is 11.7. The van der Waals surface area contributed by atoms with Crippen LogP contribution in [0.4, 0.5) is 0 Å². The number of rotatable bonds is 4. The highest BCUT2D eigenvalue weighted by molar-refractivity contribution is 5.12. The first-order valence-electron chi connectivity index (χ1n) is 6.64. The van der Waals surface area contributed by atoms with Gasteiger partial charge in [-0.15, -0.1) is 0 Å². The van der Waals surface area contributed by atoms with E-state index < -0.39 is 0 Å². The minimum absolute atomic E-state index is 0.594. The summed E-state index contributed by atoms with van der Waals surface area (Å²) in [6.45, 7) is 3.21. The Hall–Kier alpha value is -1.15. The molecule has 1 N–H and O–H groups in total. The smallest absolute Gasteiger partial charge is 0.0541 e. The summed E-state index contributed by atoms with van der Waals surface area (Å²) >= 11 is 0. The van der Waals surface area contributed by atoms with E-state index in [0.717, 1.165) is 30.0 Å². The molecular weight excluding hydrogens is 208 g/mol. The summed E-state index contributed by atoms with van der Waals surface area (Å²) in [6.07, 6.45) is 9.46. The molecule has 2 heteroatoms. The van der Waals surface area contributed by atoms with Crippen molar-refractivity contribution in [1.82, 2.24) is 10.3 Å². The van der Waals surface area contributed by atoms with Crippen molar-refractivity contribution in [2.45, 2.75) is 32.4 Å². The van der Waals surface area contributed by atoms with Gasteiger partial charge in [0.2, 0.25) is 0 Å². The van der Waals surface area contributed by atoms with Crippen LogP contribution in [0.1, 0.15) is 25.5 Å². The van der Waals surface area contributed by atoms with E-state index in [1.165, 1.54) is 12.8 Å². The minimum atomic E-state index is 0.594. The fourth-order valence-corrected chi connectivity index (χ4v) is 3.32. The second-order valence-electron chi connectivity index (χ2n) is 5.43. The molecule has 0 amide bonds. The summed E-state index contributed by atoms with van der Waals surface area (Å²) in [6, 6.07) is 6.69. The summed E-state index contributed by atoms with van der Waals surface area (Å²) in [5, 5.41) is 3.63. The molecule has 1 aromatic rings. The lowest BCUT2D eigenvalue weighted by atomic mass is 9.87. The lowest BCUT2D eigenvalue weighted by Crippen LogP contribution is -2.35. The van der Waals surface area contributed by atoms with Crippen LogP contribution in [0.25, 0.3) is 0 Å². The quantitative estimate of drug-likeness (QED) is 0.802. The van der Waals surface area contributed by atoms with Crippen LogP contribution in [0, 0.1) is 17.8 Å². The molecule has 0 radical (unpaired) electrons. The van der Waals surface area contributed by atoms with E-state index in [0.29, 0.717) is 6.04 Å². The molecule has 1 fully saturated rings. The number of allylic oxidation sites excluding steroid dienone is 2. The number of nitrogens with zero attached hydrogens (tertiary/aromatic N) is 1. The Labute approximate surface area is 103 Å². The van der Waals surface area contributed by atoms with Crippen molar-refractivity contribution >= 4 is 0 Å². The Kier molecular flexibility index (Phi) is 2.98. The number of nitrogens with one attached hydrogen (secondary N) is 1. The van der Waals surface area contributed by atoms with Crippen LogP contribution in [0.2, 0.25) is 0 Å². The SMILES string of the molecule is CC(NCc1ccccn1)C1CC2C=CC1C2. The van der Waals surface area contributed by atoms with Gasteiger partial charge in [0.1, 0.15) is 0 Å². The third-order valence-corrected chi connectivity index (χ3v) is 4.30. The maximum Gasteiger partial charge on any atom is 0.0541 e. The first-order valence-corrected chi connectivity index (χ1v) is 6.64. The van der Waals surface area contributed by atoms with Crippen molar-refractivity contribution in [3.8, 4) is 0 Å². The maximum atomic E-state index is 4.35. The van der Waals surface area contributed by atoms with Crippen LogP contribution < -0.4 is 5.32 Å². The van der Waals surface area contributed by atoms with E-state index >= 15 is 0 Å². The molecule has 3 rings (SSSR count). The molecule has 2 nitrogen and oxygen atoms in total. The largest absolute Gasteiger partial charge is 0.308 e. The molecule has 17 heavy (non-hydrogen) atoms. The predicted octanol–water partition coefficient (Wildman–Crippen LogP) is 2.77. The Morgan fingerprint density at radius 1 is 1.35 bits per heavy atom. The summed E-state index contributed by atoms with van der Waals surface area (Å²) in [4.78, 5) is 4.35. The minimum Gasteiger partial charge on any atom is -0.308 e. The monoisotopic (exact) mass is 228 g/mol. The van der Waals surface area contributed by atoms with E-state index in [1.54, 1.807) is 0 Å². The van der Waals surface area contributed by atoms with Crippen molar-refractivity contribution in [3.63, 3.8) is 0 Å². The molecule has 90 valence electrons. The molecule has 2 aliphatic rings. The molecule has 1 heterocycles. The van der Waals surface area contributed by atoms with Crippen molar-refractivity contribution < 1.29 is 0 Å². The van der Waals surface area contributed by atoms with Gasteiger partial charge in [-0.3, -0.25) is 4.98 Å². The summed E-state index contributed by atoms with van der Waals surface area (Å²) in [5.74, 6) is 2.52. The zero-order valence-electron chi connectivity index (χ0n) is 10.3. The lowest BCUT2D eigenvalue weighted by molar-refractivity contribution is 0.325. The van der Waals surface area contributed by atoms with Crippen LogP contribution in [-0.4, -0.2) is 11.0 Å². The second-order valence-corrected chi connectivity index (χ2v) is 5.43. The number of aromatic nitrogens is 1. The van der Waals surface area contributed by atoms with Gasteiger partial charge in [0.05, 0.1) is 5.69 Å². The van der Waals surface area contributed by atoms with Gasteiger partial charge in [0.25, 0.3) is 0 Å². The van der Waals surface area contributed by atoms with Crippen molar-refractivity contribution in [2.24, 2.45) is 17.8 Å². The van der Waals surface area contributed by atoms with E-state index in [1.807, 2.05) is 12.3 Å². The zero-order valence-corrected chi connectivity index (χ0v) is 10.3. The van der Waals surface area contributed by atoms with Crippen LogP contribution in [0.3, 0.4) is 0 Å². The Bertz CT molecular complexity index is 399. The van der Waals surface area contributed by atoms with Crippen LogP contribution >= 0.6 is 0 Å². The highest BCUT2D eigenvalue weighted by Gasteiger charge is 2.38. The van der Waals surface area contributed by atoms with Gasteiger partial charge in [-0.25, -0.2) is 0 Å². The number of hydrogen-bond acceptors (Lipinski definition) is 2. The molecule has 0 aliphatic heterocycles. The van der Waals surface area contributed by atoms with Crippen molar-refractivity contribution in [2.75, 3.05) is 0 Å². The molecule has 0 spiro atoms. The fourth-order valence-electron chi connectivity index (χ4n) is 3.32. The van der Waals surface area contributed by atoms with E-state index in [4.69, 9.17) is 0 Å². The average molecular weight is 228 g/mol. The second kappa shape index (κ2) is 4.61. The first-order chi connectivity index (χ1) is 8.33. The van der Waals surface area contributed by atoms with Gasteiger partial charge in [-0.2, -0.15) is 0 Å². The van der Waals surface area contributed by atoms with Gasteiger partial charge in [0.15, 0.2) is 0 Å². The normalized spacial score (nSPS) is 31.9. The third kappa shape index (κ3) is 2.27. The van der Waals surface area contributed by atoms with Gasteiger partial charge < -0.3 is 5.32 Å². The summed E-state index contributed by atoms with van der Waals surface area (Å²) in [7, 11) is 0. The molecular formula is C15H20N2. The Balaban J connectivity index is 1.54. The molecule has 2 bridgehead atoms. The highest BCUT2D eigenvalue weighted by atomic mass is 14.9. The van der Waals surface area contributed by atoms with Crippen LogP contribution in [0.15, 0.2) is 36.5 Å². The molecule has 2 aliphatic carbocycles. The van der Waals surface area contributed by atoms with Crippen LogP contribution in [0.5, 0.6) is 0 Å². The van der Waals surface area contributed by atoms with E-state index in [9.17, 15) is 0 Å². The lowest BCUT2D eigenvalue weighted by Gasteiger charge is -2.26. The molecule has 4 unspecified atom stereocenters. The van der Waals surface area contributed by atoms with Gasteiger partial charge in [-0.1, -0.05) is 18.2 Å². The summed E-state index contributed by atoms with van der Waals surface area (Å²) in [5.41, 5.74) is 1.14. The number of pyridine rings is 1. The van der Waals surface area contributed by atoms with Crippen molar-refractivity contribution in [3.05, 3.63) is 42.2 Å². The van der Waals surface area contributed by atoms with Crippen LogP contribution in [-0.2, 0) is 6.54 Å². The number of hydrogen-bond donors (Lipinski definition) is 1. The Morgan fingerprint density at radius 3 is 2.94 bits per heavy atom.